The highest BCUT2D eigenvalue weighted by molar-refractivity contribution is 6.32. The lowest BCUT2D eigenvalue weighted by molar-refractivity contribution is 0.136. The van der Waals surface area contributed by atoms with Crippen LogP contribution in [0.25, 0.3) is 0 Å². The smallest absolute Gasteiger partial charge is 0.318 e. The van der Waals surface area contributed by atoms with Crippen molar-refractivity contribution >= 4 is 17.6 Å². The number of carbonyl (C=O) groups excluding carboxylic acids is 1. The standard InChI is InChI=1S/C17H24ClN3O3/c1-11(2)14-10-19-3-4-21(14)17(22)20-9-12-7-13(18)16-15(8-12)23-5-6-24-16/h7-8,11,14,19H,3-6,9-10H2,1-2H3,(H,20,22). The van der Waals surface area contributed by atoms with Crippen molar-refractivity contribution in [1.82, 2.24) is 15.5 Å². The summed E-state index contributed by atoms with van der Waals surface area (Å²) in [6.45, 7) is 8.07. The Morgan fingerprint density at radius 2 is 2.21 bits per heavy atom. The van der Waals surface area contributed by atoms with E-state index in [1.807, 2.05) is 17.0 Å². The van der Waals surface area contributed by atoms with Crippen LogP contribution in [0, 0.1) is 5.92 Å². The maximum absolute atomic E-state index is 12.6. The van der Waals surface area contributed by atoms with Crippen molar-refractivity contribution in [3.63, 3.8) is 0 Å². The minimum Gasteiger partial charge on any atom is -0.486 e. The predicted molar refractivity (Wildman–Crippen MR) is 92.9 cm³/mol. The summed E-state index contributed by atoms with van der Waals surface area (Å²) in [6.07, 6.45) is 0. The van der Waals surface area contributed by atoms with Crippen LogP contribution < -0.4 is 20.1 Å². The van der Waals surface area contributed by atoms with Gasteiger partial charge in [-0.25, -0.2) is 4.79 Å². The summed E-state index contributed by atoms with van der Waals surface area (Å²) < 4.78 is 11.1. The molecule has 1 unspecified atom stereocenters. The van der Waals surface area contributed by atoms with Crippen molar-refractivity contribution in [2.75, 3.05) is 32.8 Å². The molecule has 0 radical (unpaired) electrons. The largest absolute Gasteiger partial charge is 0.486 e. The van der Waals surface area contributed by atoms with Gasteiger partial charge in [-0.05, 0) is 23.6 Å². The Labute approximate surface area is 147 Å². The molecular weight excluding hydrogens is 330 g/mol. The molecule has 0 aliphatic carbocycles. The highest BCUT2D eigenvalue weighted by Crippen LogP contribution is 2.38. The molecule has 0 saturated carbocycles. The molecule has 2 amide bonds. The fourth-order valence-corrected chi connectivity index (χ4v) is 3.41. The van der Waals surface area contributed by atoms with E-state index >= 15 is 0 Å². The lowest BCUT2D eigenvalue weighted by Gasteiger charge is -2.38. The average Bonchev–Trinajstić information content (AvgIpc) is 2.59. The number of nitrogens with zero attached hydrogens (tertiary/aromatic N) is 1. The molecule has 0 spiro atoms. The van der Waals surface area contributed by atoms with Crippen LogP contribution in [0.3, 0.4) is 0 Å². The predicted octanol–water partition coefficient (Wildman–Crippen LogP) is 2.25. The number of piperazine rings is 1. The second-order valence-corrected chi connectivity index (χ2v) is 6.88. The second kappa shape index (κ2) is 7.49. The first kappa shape index (κ1) is 17.2. The number of benzene rings is 1. The number of nitrogens with one attached hydrogen (secondary N) is 2. The van der Waals surface area contributed by atoms with E-state index in [9.17, 15) is 4.79 Å². The van der Waals surface area contributed by atoms with Crippen molar-refractivity contribution < 1.29 is 14.3 Å². The fraction of sp³-hybridized carbons (Fsp3) is 0.588. The third kappa shape index (κ3) is 3.70. The zero-order chi connectivity index (χ0) is 17.1. The minimum atomic E-state index is -0.0405. The molecule has 2 N–H and O–H groups in total. The number of halogens is 1. The number of fused-ring (bicyclic) bond motifs is 1. The van der Waals surface area contributed by atoms with Gasteiger partial charge < -0.3 is 25.0 Å². The number of ether oxygens (including phenoxy) is 2. The molecule has 2 aliphatic heterocycles. The van der Waals surface area contributed by atoms with Gasteiger partial charge in [0.1, 0.15) is 13.2 Å². The van der Waals surface area contributed by atoms with Crippen LogP contribution in [0.15, 0.2) is 12.1 Å². The van der Waals surface area contributed by atoms with Gasteiger partial charge in [-0.15, -0.1) is 0 Å². The van der Waals surface area contributed by atoms with Gasteiger partial charge in [-0.2, -0.15) is 0 Å². The maximum Gasteiger partial charge on any atom is 0.318 e. The van der Waals surface area contributed by atoms with E-state index in [0.717, 1.165) is 25.2 Å². The highest BCUT2D eigenvalue weighted by atomic mass is 35.5. The first-order valence-corrected chi connectivity index (χ1v) is 8.77. The molecule has 1 aromatic carbocycles. The van der Waals surface area contributed by atoms with E-state index in [1.54, 1.807) is 0 Å². The van der Waals surface area contributed by atoms with Crippen LogP contribution in [-0.2, 0) is 6.54 Å². The molecule has 2 aliphatic rings. The number of urea groups is 1. The first-order valence-electron chi connectivity index (χ1n) is 8.39. The summed E-state index contributed by atoms with van der Waals surface area (Å²) in [7, 11) is 0. The van der Waals surface area contributed by atoms with Gasteiger partial charge in [-0.3, -0.25) is 0 Å². The summed E-state index contributed by atoms with van der Waals surface area (Å²) >= 11 is 6.24. The van der Waals surface area contributed by atoms with Crippen LogP contribution in [0.2, 0.25) is 5.02 Å². The van der Waals surface area contributed by atoms with Crippen LogP contribution in [0.1, 0.15) is 19.4 Å². The van der Waals surface area contributed by atoms with Gasteiger partial charge in [0.25, 0.3) is 0 Å². The van der Waals surface area contributed by atoms with Gasteiger partial charge in [0.05, 0.1) is 5.02 Å². The van der Waals surface area contributed by atoms with Gasteiger partial charge in [-0.1, -0.05) is 25.4 Å². The number of hydrogen-bond acceptors (Lipinski definition) is 4. The molecule has 7 heteroatoms. The zero-order valence-electron chi connectivity index (χ0n) is 14.1. The molecule has 1 fully saturated rings. The van der Waals surface area contributed by atoms with E-state index in [-0.39, 0.29) is 12.1 Å². The van der Waals surface area contributed by atoms with Crippen LogP contribution in [-0.4, -0.2) is 49.8 Å². The van der Waals surface area contributed by atoms with Crippen LogP contribution in [0.4, 0.5) is 4.79 Å². The van der Waals surface area contributed by atoms with Crippen molar-refractivity contribution in [2.24, 2.45) is 5.92 Å². The Balaban J connectivity index is 1.64. The molecule has 2 heterocycles. The molecular formula is C17H24ClN3O3. The van der Waals surface area contributed by atoms with Crippen molar-refractivity contribution in [2.45, 2.75) is 26.4 Å². The third-order valence-corrected chi connectivity index (χ3v) is 4.69. The molecule has 3 rings (SSSR count). The van der Waals surface area contributed by atoms with Gasteiger partial charge in [0.15, 0.2) is 11.5 Å². The Bertz CT molecular complexity index is 609. The number of rotatable bonds is 3. The third-order valence-electron chi connectivity index (χ3n) is 4.41. The Hall–Kier alpha value is -1.66. The van der Waals surface area contributed by atoms with E-state index in [2.05, 4.69) is 24.5 Å². The lowest BCUT2D eigenvalue weighted by Crippen LogP contribution is -2.58. The summed E-state index contributed by atoms with van der Waals surface area (Å²) in [5, 5.41) is 6.85. The van der Waals surface area contributed by atoms with E-state index in [0.29, 0.717) is 42.2 Å². The molecule has 1 saturated heterocycles. The van der Waals surface area contributed by atoms with Crippen LogP contribution >= 0.6 is 11.6 Å². The van der Waals surface area contributed by atoms with Gasteiger partial charge in [0.2, 0.25) is 0 Å². The summed E-state index contributed by atoms with van der Waals surface area (Å²) in [6, 6.07) is 3.86. The van der Waals surface area contributed by atoms with Crippen molar-refractivity contribution in [3.05, 3.63) is 22.7 Å². The molecule has 24 heavy (non-hydrogen) atoms. The molecule has 0 bridgehead atoms. The van der Waals surface area contributed by atoms with Gasteiger partial charge >= 0.3 is 6.03 Å². The van der Waals surface area contributed by atoms with E-state index in [4.69, 9.17) is 21.1 Å². The zero-order valence-corrected chi connectivity index (χ0v) is 14.9. The van der Waals surface area contributed by atoms with Crippen molar-refractivity contribution in [1.29, 1.82) is 0 Å². The summed E-state index contributed by atoms with van der Waals surface area (Å²) in [5.41, 5.74) is 0.897. The SMILES string of the molecule is CC(C)C1CNCCN1C(=O)NCc1cc(Cl)c2c(c1)OCCO2. The van der Waals surface area contributed by atoms with E-state index < -0.39 is 0 Å². The molecule has 1 atom stereocenters. The second-order valence-electron chi connectivity index (χ2n) is 6.47. The Morgan fingerprint density at radius 3 is 3.00 bits per heavy atom. The minimum absolute atomic E-state index is 0.0405. The Morgan fingerprint density at radius 1 is 1.42 bits per heavy atom. The fourth-order valence-electron chi connectivity index (χ4n) is 3.12. The summed E-state index contributed by atoms with van der Waals surface area (Å²) in [4.78, 5) is 14.5. The molecule has 6 nitrogen and oxygen atoms in total. The number of amides is 2. The molecule has 132 valence electrons. The first-order chi connectivity index (χ1) is 11.6. The highest BCUT2D eigenvalue weighted by Gasteiger charge is 2.28. The van der Waals surface area contributed by atoms with Crippen molar-refractivity contribution in [3.8, 4) is 11.5 Å². The van der Waals surface area contributed by atoms with Crippen LogP contribution in [0.5, 0.6) is 11.5 Å². The molecule has 1 aromatic rings. The number of hydrogen-bond donors (Lipinski definition) is 2. The monoisotopic (exact) mass is 353 g/mol. The maximum atomic E-state index is 12.6. The summed E-state index contributed by atoms with van der Waals surface area (Å²) in [5.74, 6) is 1.63. The molecule has 0 aromatic heterocycles. The van der Waals surface area contributed by atoms with E-state index in [1.165, 1.54) is 0 Å². The lowest BCUT2D eigenvalue weighted by atomic mass is 10.0. The Kier molecular flexibility index (Phi) is 5.36. The number of carbonyl (C=O) groups is 1. The van der Waals surface area contributed by atoms with Gasteiger partial charge in [0, 0.05) is 32.2 Å². The topological polar surface area (TPSA) is 62.8 Å². The quantitative estimate of drug-likeness (QED) is 0.875. The average molecular weight is 354 g/mol. The normalized spacial score (nSPS) is 20.2.